The van der Waals surface area contributed by atoms with Crippen LogP contribution >= 0.6 is 0 Å². The molecule has 1 N–H and O–H groups in total. The highest BCUT2D eigenvalue weighted by atomic mass is 15.1. The zero-order chi connectivity index (χ0) is 15.2. The van der Waals surface area contributed by atoms with Crippen molar-refractivity contribution < 1.29 is 0 Å². The molecule has 0 atom stereocenters. The van der Waals surface area contributed by atoms with E-state index in [1.165, 1.54) is 22.4 Å². The molecular weight excluding hydrogens is 258 g/mol. The summed E-state index contributed by atoms with van der Waals surface area (Å²) in [6, 6.07) is 11.3. The van der Waals surface area contributed by atoms with E-state index in [2.05, 4.69) is 67.3 Å². The lowest BCUT2D eigenvalue weighted by Crippen LogP contribution is -2.22. The van der Waals surface area contributed by atoms with Gasteiger partial charge in [-0.15, -0.1) is 0 Å². The Morgan fingerprint density at radius 3 is 2.62 bits per heavy atom. The molecule has 2 rings (SSSR count). The molecule has 0 radical (unpaired) electrons. The lowest BCUT2D eigenvalue weighted by molar-refractivity contribution is 0.588. The number of hydrogen-bond donors (Lipinski definition) is 1. The van der Waals surface area contributed by atoms with Crippen LogP contribution in [0.5, 0.6) is 0 Å². The van der Waals surface area contributed by atoms with Crippen LogP contribution in [-0.2, 0) is 13.1 Å². The third kappa shape index (κ3) is 4.57. The first-order chi connectivity index (χ1) is 10.1. The van der Waals surface area contributed by atoms with Gasteiger partial charge in [-0.3, -0.25) is 4.98 Å². The van der Waals surface area contributed by atoms with Crippen molar-refractivity contribution in [1.29, 1.82) is 0 Å². The number of aromatic nitrogens is 1. The van der Waals surface area contributed by atoms with Gasteiger partial charge < -0.3 is 10.2 Å². The lowest BCUT2D eigenvalue weighted by Gasteiger charge is -2.22. The van der Waals surface area contributed by atoms with Gasteiger partial charge in [0.25, 0.3) is 0 Å². The largest absolute Gasteiger partial charge is 0.370 e. The summed E-state index contributed by atoms with van der Waals surface area (Å²) in [6.07, 6.45) is 3.73. The predicted octanol–water partition coefficient (Wildman–Crippen LogP) is 3.52. The third-order valence-corrected chi connectivity index (χ3v) is 3.53. The first-order valence-corrected chi connectivity index (χ1v) is 7.49. The topological polar surface area (TPSA) is 28.2 Å². The van der Waals surface area contributed by atoms with E-state index in [1.54, 1.807) is 0 Å². The van der Waals surface area contributed by atoms with Crippen molar-refractivity contribution in [2.45, 2.75) is 39.9 Å². The number of anilines is 1. The van der Waals surface area contributed by atoms with Gasteiger partial charge in [-0.05, 0) is 35.7 Å². The molecule has 2 aromatic rings. The Balaban J connectivity index is 2.06. The minimum atomic E-state index is 0.512. The molecule has 0 saturated heterocycles. The molecule has 0 amide bonds. The summed E-state index contributed by atoms with van der Waals surface area (Å²) < 4.78 is 0. The molecule has 0 bridgehead atoms. The molecule has 1 aromatic carbocycles. The summed E-state index contributed by atoms with van der Waals surface area (Å²) in [6.45, 7) is 8.31. The molecule has 3 nitrogen and oxygen atoms in total. The van der Waals surface area contributed by atoms with E-state index in [0.717, 1.165) is 13.1 Å². The second-order valence-corrected chi connectivity index (χ2v) is 5.87. The molecule has 0 spiro atoms. The average molecular weight is 283 g/mol. The maximum Gasteiger partial charge on any atom is 0.0441 e. The van der Waals surface area contributed by atoms with Crippen LogP contribution in [0.25, 0.3) is 0 Å². The number of benzene rings is 1. The van der Waals surface area contributed by atoms with Gasteiger partial charge in [-0.2, -0.15) is 0 Å². The van der Waals surface area contributed by atoms with Gasteiger partial charge >= 0.3 is 0 Å². The smallest absolute Gasteiger partial charge is 0.0441 e. The Labute approximate surface area is 128 Å². The van der Waals surface area contributed by atoms with E-state index < -0.39 is 0 Å². The van der Waals surface area contributed by atoms with Gasteiger partial charge in [0.1, 0.15) is 0 Å². The number of rotatable bonds is 6. The Morgan fingerprint density at radius 2 is 2.00 bits per heavy atom. The van der Waals surface area contributed by atoms with Crippen molar-refractivity contribution >= 4 is 5.69 Å². The van der Waals surface area contributed by atoms with Crippen LogP contribution in [-0.4, -0.2) is 18.1 Å². The first kappa shape index (κ1) is 15.5. The van der Waals surface area contributed by atoms with E-state index in [-0.39, 0.29) is 0 Å². The van der Waals surface area contributed by atoms with Crippen molar-refractivity contribution in [3.8, 4) is 0 Å². The quantitative estimate of drug-likeness (QED) is 0.879. The fraction of sp³-hybridized carbons (Fsp3) is 0.389. The van der Waals surface area contributed by atoms with Crippen LogP contribution in [0.3, 0.4) is 0 Å². The number of nitrogens with one attached hydrogen (secondary N) is 1. The van der Waals surface area contributed by atoms with Crippen molar-refractivity contribution in [1.82, 2.24) is 10.3 Å². The summed E-state index contributed by atoms with van der Waals surface area (Å²) in [5.74, 6) is 0. The monoisotopic (exact) mass is 283 g/mol. The van der Waals surface area contributed by atoms with Gasteiger partial charge in [-0.25, -0.2) is 0 Å². The van der Waals surface area contributed by atoms with Crippen LogP contribution in [0.2, 0.25) is 0 Å². The van der Waals surface area contributed by atoms with Gasteiger partial charge in [-0.1, -0.05) is 32.0 Å². The number of pyridine rings is 1. The van der Waals surface area contributed by atoms with E-state index >= 15 is 0 Å². The molecule has 1 heterocycles. The van der Waals surface area contributed by atoms with Crippen LogP contribution in [0.4, 0.5) is 5.69 Å². The molecule has 0 aliphatic rings. The number of hydrogen-bond acceptors (Lipinski definition) is 3. The van der Waals surface area contributed by atoms with Crippen molar-refractivity contribution in [2.24, 2.45) is 0 Å². The van der Waals surface area contributed by atoms with E-state index in [4.69, 9.17) is 0 Å². The molecule has 21 heavy (non-hydrogen) atoms. The SMILES string of the molecule is Cc1cc(CNC(C)C)ccc1N(C)Cc1cccnc1. The Morgan fingerprint density at radius 1 is 1.19 bits per heavy atom. The summed E-state index contributed by atoms with van der Waals surface area (Å²) in [5, 5.41) is 3.46. The second kappa shape index (κ2) is 7.23. The van der Waals surface area contributed by atoms with Crippen LogP contribution < -0.4 is 10.2 Å². The molecule has 3 heteroatoms. The summed E-state index contributed by atoms with van der Waals surface area (Å²) in [7, 11) is 2.13. The normalized spacial score (nSPS) is 10.9. The summed E-state index contributed by atoms with van der Waals surface area (Å²) >= 11 is 0. The van der Waals surface area contributed by atoms with Gasteiger partial charge in [0.05, 0.1) is 0 Å². The van der Waals surface area contributed by atoms with Crippen LogP contribution in [0.1, 0.15) is 30.5 Å². The minimum absolute atomic E-state index is 0.512. The zero-order valence-corrected chi connectivity index (χ0v) is 13.4. The van der Waals surface area contributed by atoms with Gasteiger partial charge in [0.15, 0.2) is 0 Å². The molecule has 0 aliphatic heterocycles. The van der Waals surface area contributed by atoms with Crippen LogP contribution in [0.15, 0.2) is 42.7 Å². The van der Waals surface area contributed by atoms with Crippen molar-refractivity contribution in [3.63, 3.8) is 0 Å². The van der Waals surface area contributed by atoms with Crippen molar-refractivity contribution in [2.75, 3.05) is 11.9 Å². The Hall–Kier alpha value is -1.87. The maximum atomic E-state index is 4.17. The molecule has 0 saturated carbocycles. The molecule has 0 unspecified atom stereocenters. The molecule has 112 valence electrons. The predicted molar refractivity (Wildman–Crippen MR) is 89.5 cm³/mol. The average Bonchev–Trinajstić information content (AvgIpc) is 2.46. The second-order valence-electron chi connectivity index (χ2n) is 5.87. The van der Waals surface area contributed by atoms with E-state index in [1.807, 2.05) is 18.5 Å². The highest BCUT2D eigenvalue weighted by molar-refractivity contribution is 5.54. The first-order valence-electron chi connectivity index (χ1n) is 7.49. The molecule has 0 fully saturated rings. The minimum Gasteiger partial charge on any atom is -0.370 e. The van der Waals surface area contributed by atoms with Gasteiger partial charge in [0.2, 0.25) is 0 Å². The lowest BCUT2D eigenvalue weighted by atomic mass is 10.1. The third-order valence-electron chi connectivity index (χ3n) is 3.53. The standard InChI is InChI=1S/C18H25N3/c1-14(2)20-12-16-7-8-18(15(3)10-16)21(4)13-17-6-5-9-19-11-17/h5-11,14,20H,12-13H2,1-4H3. The van der Waals surface area contributed by atoms with E-state index in [0.29, 0.717) is 6.04 Å². The Bertz CT molecular complexity index is 564. The van der Waals surface area contributed by atoms with E-state index in [9.17, 15) is 0 Å². The van der Waals surface area contributed by atoms with Crippen molar-refractivity contribution in [3.05, 3.63) is 59.4 Å². The highest BCUT2D eigenvalue weighted by Gasteiger charge is 2.06. The summed E-state index contributed by atoms with van der Waals surface area (Å²) in [5.41, 5.74) is 5.14. The Kier molecular flexibility index (Phi) is 5.34. The fourth-order valence-electron chi connectivity index (χ4n) is 2.43. The molecule has 0 aliphatic carbocycles. The zero-order valence-electron chi connectivity index (χ0n) is 13.4. The number of aryl methyl sites for hydroxylation is 1. The molecular formula is C18H25N3. The highest BCUT2D eigenvalue weighted by Crippen LogP contribution is 2.21. The maximum absolute atomic E-state index is 4.17. The number of nitrogens with zero attached hydrogens (tertiary/aromatic N) is 2. The summed E-state index contributed by atoms with van der Waals surface area (Å²) in [4.78, 5) is 6.44. The fourth-order valence-corrected chi connectivity index (χ4v) is 2.43. The van der Waals surface area contributed by atoms with Crippen LogP contribution in [0, 0.1) is 6.92 Å². The molecule has 1 aromatic heterocycles. The van der Waals surface area contributed by atoms with Gasteiger partial charge in [0, 0.05) is 44.3 Å².